The molecule has 100 valence electrons. The first-order valence-corrected chi connectivity index (χ1v) is 8.04. The zero-order chi connectivity index (χ0) is 13.2. The number of nitrogens with one attached hydrogen (secondary N) is 1. The van der Waals surface area contributed by atoms with Gasteiger partial charge in [0.15, 0.2) is 0 Å². The van der Waals surface area contributed by atoms with Crippen LogP contribution in [0, 0.1) is 0 Å². The van der Waals surface area contributed by atoms with Crippen molar-refractivity contribution in [3.05, 3.63) is 49.9 Å². The van der Waals surface area contributed by atoms with E-state index in [1.165, 1.54) is 35.3 Å². The molecule has 3 rings (SSSR count). The van der Waals surface area contributed by atoms with Crippen molar-refractivity contribution in [2.24, 2.45) is 5.84 Å². The Morgan fingerprint density at radius 1 is 1.37 bits per heavy atom. The maximum absolute atomic E-state index is 5.73. The number of hydrazine groups is 1. The third-order valence-corrected chi connectivity index (χ3v) is 5.30. The van der Waals surface area contributed by atoms with Gasteiger partial charge >= 0.3 is 0 Å². The molecule has 0 amide bonds. The molecule has 19 heavy (non-hydrogen) atoms. The normalized spacial score (nSPS) is 15.5. The summed E-state index contributed by atoms with van der Waals surface area (Å²) in [6, 6.07) is 4.59. The first-order valence-electron chi connectivity index (χ1n) is 6.43. The van der Waals surface area contributed by atoms with Crippen LogP contribution in [-0.4, -0.2) is 4.98 Å². The van der Waals surface area contributed by atoms with Gasteiger partial charge in [0.05, 0.1) is 6.04 Å². The Labute approximate surface area is 125 Å². The second-order valence-corrected chi connectivity index (χ2v) is 6.97. The molecule has 1 aliphatic rings. The van der Waals surface area contributed by atoms with Crippen molar-refractivity contribution in [3.8, 4) is 0 Å². The average molecular weight is 338 g/mol. The Bertz CT molecular complexity index is 560. The van der Waals surface area contributed by atoms with Crippen LogP contribution >= 0.6 is 27.3 Å². The summed E-state index contributed by atoms with van der Waals surface area (Å²) in [7, 11) is 0. The van der Waals surface area contributed by atoms with E-state index in [1.807, 2.05) is 17.5 Å². The molecule has 0 bridgehead atoms. The average Bonchev–Trinajstić information content (AvgIpc) is 2.96. The number of pyridine rings is 1. The molecule has 0 fully saturated rings. The Kier molecular flexibility index (Phi) is 3.98. The fourth-order valence-electron chi connectivity index (χ4n) is 2.57. The molecule has 0 saturated carbocycles. The molecule has 5 heteroatoms. The summed E-state index contributed by atoms with van der Waals surface area (Å²) < 4.78 is 1.01. The molecule has 2 aromatic rings. The fourth-order valence-corrected chi connectivity index (χ4v) is 4.30. The second-order valence-electron chi connectivity index (χ2n) is 4.89. The van der Waals surface area contributed by atoms with Gasteiger partial charge in [-0.15, -0.1) is 11.3 Å². The summed E-state index contributed by atoms with van der Waals surface area (Å²) >= 11 is 5.36. The second kappa shape index (κ2) is 5.71. The zero-order valence-electron chi connectivity index (χ0n) is 10.5. The maximum Gasteiger partial charge on any atom is 0.0594 e. The van der Waals surface area contributed by atoms with Gasteiger partial charge in [0.25, 0.3) is 0 Å². The highest BCUT2D eigenvalue weighted by Crippen LogP contribution is 2.34. The van der Waals surface area contributed by atoms with Crippen LogP contribution in [0.5, 0.6) is 0 Å². The minimum atomic E-state index is 0.173. The predicted molar refractivity (Wildman–Crippen MR) is 82.0 cm³/mol. The van der Waals surface area contributed by atoms with E-state index < -0.39 is 0 Å². The van der Waals surface area contributed by atoms with E-state index in [4.69, 9.17) is 5.84 Å². The van der Waals surface area contributed by atoms with Crippen LogP contribution < -0.4 is 11.3 Å². The van der Waals surface area contributed by atoms with Crippen molar-refractivity contribution in [2.45, 2.75) is 31.7 Å². The summed E-state index contributed by atoms with van der Waals surface area (Å²) in [6.07, 6.45) is 8.32. The lowest BCUT2D eigenvalue weighted by molar-refractivity contribution is 0.559. The van der Waals surface area contributed by atoms with Crippen LogP contribution in [0.15, 0.2) is 29.0 Å². The third kappa shape index (κ3) is 2.89. The summed E-state index contributed by atoms with van der Waals surface area (Å²) in [6.45, 7) is 0. The number of hydrogen-bond donors (Lipinski definition) is 2. The molecule has 1 atom stereocenters. The van der Waals surface area contributed by atoms with Crippen molar-refractivity contribution in [1.29, 1.82) is 0 Å². The molecular weight excluding hydrogens is 322 g/mol. The van der Waals surface area contributed by atoms with E-state index in [1.54, 1.807) is 11.1 Å². The number of nitrogens with zero attached hydrogens (tertiary/aromatic N) is 1. The van der Waals surface area contributed by atoms with Gasteiger partial charge in [-0.25, -0.2) is 0 Å². The van der Waals surface area contributed by atoms with Crippen molar-refractivity contribution < 1.29 is 0 Å². The van der Waals surface area contributed by atoms with E-state index >= 15 is 0 Å². The Balaban J connectivity index is 1.80. The van der Waals surface area contributed by atoms with Gasteiger partial charge in [-0.2, -0.15) is 0 Å². The highest BCUT2D eigenvalue weighted by molar-refractivity contribution is 9.10. The van der Waals surface area contributed by atoms with Gasteiger partial charge in [0, 0.05) is 26.6 Å². The molecule has 0 spiro atoms. The largest absolute Gasteiger partial charge is 0.271 e. The van der Waals surface area contributed by atoms with Gasteiger partial charge in [0.1, 0.15) is 0 Å². The van der Waals surface area contributed by atoms with E-state index in [2.05, 4.69) is 38.5 Å². The number of halogens is 1. The Morgan fingerprint density at radius 3 is 3.00 bits per heavy atom. The molecule has 2 aromatic heterocycles. The molecular formula is C14H16BrN3S. The van der Waals surface area contributed by atoms with Gasteiger partial charge in [-0.05, 0) is 64.9 Å². The SMILES string of the molecule is NNC(Cc1cncc(Br)c1)c1cc2c(s1)CCC2. The first kappa shape index (κ1) is 13.2. The molecule has 1 unspecified atom stereocenters. The monoisotopic (exact) mass is 337 g/mol. The van der Waals surface area contributed by atoms with Gasteiger partial charge < -0.3 is 0 Å². The van der Waals surface area contributed by atoms with Crippen LogP contribution in [0.1, 0.15) is 33.3 Å². The standard InChI is InChI=1S/C14H16BrN3S/c15-11-4-9(7-17-8-11)5-12(18-16)14-6-10-2-1-3-13(10)19-14/h4,6-8,12,18H,1-3,5,16H2. The topological polar surface area (TPSA) is 50.9 Å². The van der Waals surface area contributed by atoms with Gasteiger partial charge in [0.2, 0.25) is 0 Å². The third-order valence-electron chi connectivity index (χ3n) is 3.51. The van der Waals surface area contributed by atoms with Crippen LogP contribution in [0.25, 0.3) is 0 Å². The molecule has 3 nitrogen and oxygen atoms in total. The quantitative estimate of drug-likeness (QED) is 0.665. The smallest absolute Gasteiger partial charge is 0.0594 e. The predicted octanol–water partition coefficient (Wildman–Crippen LogP) is 3.14. The van der Waals surface area contributed by atoms with Crippen LogP contribution in [0.4, 0.5) is 0 Å². The van der Waals surface area contributed by atoms with E-state index in [-0.39, 0.29) is 6.04 Å². The number of aromatic nitrogens is 1. The first-order chi connectivity index (χ1) is 9.26. The minimum Gasteiger partial charge on any atom is -0.271 e. The number of thiophene rings is 1. The minimum absolute atomic E-state index is 0.173. The summed E-state index contributed by atoms with van der Waals surface area (Å²) in [5.41, 5.74) is 5.65. The van der Waals surface area contributed by atoms with Crippen LogP contribution in [0.2, 0.25) is 0 Å². The lowest BCUT2D eigenvalue weighted by Crippen LogP contribution is -2.29. The molecule has 0 saturated heterocycles. The van der Waals surface area contributed by atoms with E-state index in [9.17, 15) is 0 Å². The molecule has 0 radical (unpaired) electrons. The van der Waals surface area contributed by atoms with Crippen molar-refractivity contribution in [1.82, 2.24) is 10.4 Å². The van der Waals surface area contributed by atoms with Crippen molar-refractivity contribution in [2.75, 3.05) is 0 Å². The Morgan fingerprint density at radius 2 is 2.26 bits per heavy atom. The maximum atomic E-state index is 5.73. The highest BCUT2D eigenvalue weighted by Gasteiger charge is 2.19. The number of hydrogen-bond acceptors (Lipinski definition) is 4. The molecule has 0 aliphatic heterocycles. The van der Waals surface area contributed by atoms with Crippen molar-refractivity contribution in [3.63, 3.8) is 0 Å². The Hall–Kier alpha value is -0.750. The van der Waals surface area contributed by atoms with Crippen LogP contribution in [0.3, 0.4) is 0 Å². The number of rotatable bonds is 4. The molecule has 2 heterocycles. The lowest BCUT2D eigenvalue weighted by atomic mass is 10.1. The molecule has 1 aliphatic carbocycles. The molecule has 3 N–H and O–H groups in total. The highest BCUT2D eigenvalue weighted by atomic mass is 79.9. The van der Waals surface area contributed by atoms with E-state index in [0.717, 1.165) is 10.9 Å². The number of nitrogens with two attached hydrogens (primary N) is 1. The zero-order valence-corrected chi connectivity index (χ0v) is 12.9. The number of aryl methyl sites for hydroxylation is 2. The van der Waals surface area contributed by atoms with Gasteiger partial charge in [-0.3, -0.25) is 16.3 Å². The molecule has 0 aromatic carbocycles. The van der Waals surface area contributed by atoms with E-state index in [0.29, 0.717) is 0 Å². The van der Waals surface area contributed by atoms with Crippen molar-refractivity contribution >= 4 is 27.3 Å². The lowest BCUT2D eigenvalue weighted by Gasteiger charge is -2.14. The summed E-state index contributed by atoms with van der Waals surface area (Å²) in [5.74, 6) is 5.73. The summed E-state index contributed by atoms with van der Waals surface area (Å²) in [4.78, 5) is 7.09. The van der Waals surface area contributed by atoms with Crippen LogP contribution in [-0.2, 0) is 19.3 Å². The fraction of sp³-hybridized carbons (Fsp3) is 0.357. The van der Waals surface area contributed by atoms with Gasteiger partial charge in [-0.1, -0.05) is 0 Å². The number of fused-ring (bicyclic) bond motifs is 1. The summed E-state index contributed by atoms with van der Waals surface area (Å²) in [5, 5.41) is 0.